The number of fused-ring (bicyclic) bond motifs is 8. The molecule has 302 valence electrons. The van der Waals surface area contributed by atoms with Crippen molar-refractivity contribution in [2.75, 3.05) is 9.80 Å². The van der Waals surface area contributed by atoms with Crippen molar-refractivity contribution in [3.8, 4) is 0 Å². The first-order chi connectivity index (χ1) is 30.2. The summed E-state index contributed by atoms with van der Waals surface area (Å²) in [7, 11) is 0. The van der Waals surface area contributed by atoms with E-state index in [2.05, 4.69) is 221 Å². The number of anilines is 6. The lowest BCUT2D eigenvalue weighted by molar-refractivity contribution is 0.664. The van der Waals surface area contributed by atoms with Gasteiger partial charge in [0.25, 0.3) is 0 Å². The van der Waals surface area contributed by atoms with Gasteiger partial charge in [-0.25, -0.2) is 0 Å². The summed E-state index contributed by atoms with van der Waals surface area (Å²) < 4.78 is 13.4. The molecule has 4 heteroatoms. The molecule has 0 saturated heterocycles. The largest absolute Gasteiger partial charge is 0.456 e. The molecule has 0 spiro atoms. The van der Waals surface area contributed by atoms with Crippen LogP contribution < -0.4 is 9.80 Å². The summed E-state index contributed by atoms with van der Waals surface area (Å²) in [6.45, 7) is 13.3. The minimum atomic E-state index is 0.373. The molecule has 2 heterocycles. The molecule has 0 atom stereocenters. The van der Waals surface area contributed by atoms with E-state index in [0.29, 0.717) is 11.8 Å². The first-order valence-electron chi connectivity index (χ1n) is 21.8. The summed E-state index contributed by atoms with van der Waals surface area (Å²) in [6, 6.07) is 61.9. The maximum atomic E-state index is 6.71. The third-order valence-electron chi connectivity index (χ3n) is 12.6. The van der Waals surface area contributed by atoms with Gasteiger partial charge in [0, 0.05) is 55.7 Å². The van der Waals surface area contributed by atoms with Crippen molar-refractivity contribution in [1.82, 2.24) is 0 Å². The first kappa shape index (κ1) is 37.7. The number of rotatable bonds is 8. The quantitative estimate of drug-likeness (QED) is 0.153. The van der Waals surface area contributed by atoms with E-state index < -0.39 is 0 Å². The van der Waals surface area contributed by atoms with Gasteiger partial charge in [0.1, 0.15) is 22.3 Å². The Labute approximate surface area is 362 Å². The maximum absolute atomic E-state index is 6.71. The van der Waals surface area contributed by atoms with Crippen LogP contribution in [0.25, 0.3) is 65.4 Å². The van der Waals surface area contributed by atoms with Crippen molar-refractivity contribution in [1.29, 1.82) is 0 Å². The molecule has 9 aromatic carbocycles. The first-order valence-corrected chi connectivity index (χ1v) is 21.8. The summed E-state index contributed by atoms with van der Waals surface area (Å²) in [5.41, 5.74) is 15.4. The van der Waals surface area contributed by atoms with Gasteiger partial charge in [0.05, 0.1) is 0 Å². The van der Waals surface area contributed by atoms with Crippen LogP contribution in [-0.2, 0) is 0 Å². The fraction of sp³-hybridized carbons (Fsp3) is 0.138. The second kappa shape index (κ2) is 14.7. The van der Waals surface area contributed by atoms with Crippen molar-refractivity contribution in [3.05, 3.63) is 192 Å². The van der Waals surface area contributed by atoms with Crippen LogP contribution in [0.4, 0.5) is 34.1 Å². The van der Waals surface area contributed by atoms with Gasteiger partial charge in [-0.2, -0.15) is 0 Å². The molecular weight excluding hydrogens is 757 g/mol. The molecule has 11 rings (SSSR count). The lowest BCUT2D eigenvalue weighted by atomic mass is 9.98. The fourth-order valence-corrected chi connectivity index (χ4v) is 9.38. The Balaban J connectivity index is 1.01. The summed E-state index contributed by atoms with van der Waals surface area (Å²) in [5, 5.41) is 8.83. The highest BCUT2D eigenvalue weighted by Crippen LogP contribution is 2.44. The van der Waals surface area contributed by atoms with Gasteiger partial charge in [0.2, 0.25) is 0 Å². The van der Waals surface area contributed by atoms with E-state index in [-0.39, 0.29) is 0 Å². The second-order valence-corrected chi connectivity index (χ2v) is 17.6. The van der Waals surface area contributed by atoms with E-state index in [9.17, 15) is 0 Å². The number of aryl methyl sites for hydroxylation is 2. The normalized spacial score (nSPS) is 12.0. The Morgan fingerprint density at radius 1 is 0.339 bits per heavy atom. The van der Waals surface area contributed by atoms with Crippen molar-refractivity contribution in [2.45, 2.75) is 53.4 Å². The van der Waals surface area contributed by atoms with E-state index in [1.807, 2.05) is 0 Å². The number of hydrogen-bond acceptors (Lipinski definition) is 4. The standard InChI is InChI=1S/C58H48N2O2/c1-35(2)47-11-7-9-13-53(47)59(43-21-15-37(5)16-22-43)45-25-19-39-29-49-51-33-58-52(34-57(51)61-55(49)31-41(39)27-45)50-30-40-20-26-46(28-42(40)32-56(50)62-58)60(44-23-17-38(6)18-24-44)54-14-10-8-12-48(54)36(3)4/h7-36H,1-6H3. The lowest BCUT2D eigenvalue weighted by Crippen LogP contribution is -2.12. The molecule has 11 aromatic rings. The van der Waals surface area contributed by atoms with E-state index in [1.54, 1.807) is 0 Å². The van der Waals surface area contributed by atoms with Gasteiger partial charge in [-0.15, -0.1) is 0 Å². The topological polar surface area (TPSA) is 32.8 Å². The van der Waals surface area contributed by atoms with Crippen LogP contribution in [0.15, 0.2) is 179 Å². The predicted molar refractivity (Wildman–Crippen MR) is 263 cm³/mol. The number of para-hydroxylation sites is 2. The molecule has 0 N–H and O–H groups in total. The van der Waals surface area contributed by atoms with Gasteiger partial charge in [-0.3, -0.25) is 0 Å². The molecule has 0 fully saturated rings. The zero-order valence-electron chi connectivity index (χ0n) is 36.0. The average Bonchev–Trinajstić information content (AvgIpc) is 3.81. The average molecular weight is 805 g/mol. The fourth-order valence-electron chi connectivity index (χ4n) is 9.38. The van der Waals surface area contributed by atoms with Crippen LogP contribution in [0.1, 0.15) is 61.8 Å². The van der Waals surface area contributed by atoms with Gasteiger partial charge in [-0.1, -0.05) is 112 Å². The van der Waals surface area contributed by atoms with E-state index >= 15 is 0 Å². The third kappa shape index (κ3) is 6.37. The molecular formula is C58H48N2O2. The molecule has 0 saturated carbocycles. The van der Waals surface area contributed by atoms with E-state index in [4.69, 9.17) is 8.83 Å². The number of nitrogens with zero attached hydrogens (tertiary/aromatic N) is 2. The van der Waals surface area contributed by atoms with Gasteiger partial charge < -0.3 is 18.6 Å². The maximum Gasteiger partial charge on any atom is 0.136 e. The molecule has 0 aliphatic carbocycles. The lowest BCUT2D eigenvalue weighted by Gasteiger charge is -2.29. The smallest absolute Gasteiger partial charge is 0.136 e. The molecule has 62 heavy (non-hydrogen) atoms. The molecule has 0 bridgehead atoms. The predicted octanol–water partition coefficient (Wildman–Crippen LogP) is 17.6. The summed E-state index contributed by atoms with van der Waals surface area (Å²) in [5.74, 6) is 0.745. The molecule has 4 nitrogen and oxygen atoms in total. The van der Waals surface area contributed by atoms with Gasteiger partial charge >= 0.3 is 0 Å². The Morgan fingerprint density at radius 3 is 1.10 bits per heavy atom. The zero-order chi connectivity index (χ0) is 42.2. The molecule has 0 aliphatic rings. The van der Waals surface area contributed by atoms with Crippen molar-refractivity contribution >= 4 is 99.5 Å². The van der Waals surface area contributed by atoms with Crippen molar-refractivity contribution in [3.63, 3.8) is 0 Å². The Kier molecular flexibility index (Phi) is 8.94. The molecule has 0 radical (unpaired) electrons. The van der Waals surface area contributed by atoms with Gasteiger partial charge in [-0.05, 0) is 155 Å². The zero-order valence-corrected chi connectivity index (χ0v) is 36.0. The van der Waals surface area contributed by atoms with Crippen molar-refractivity contribution in [2.24, 2.45) is 0 Å². The molecule has 0 unspecified atom stereocenters. The van der Waals surface area contributed by atoms with Crippen LogP contribution in [0, 0.1) is 13.8 Å². The van der Waals surface area contributed by atoms with Crippen LogP contribution in [0.2, 0.25) is 0 Å². The highest BCUT2D eigenvalue weighted by Gasteiger charge is 2.21. The number of furan rings is 2. The van der Waals surface area contributed by atoms with Crippen molar-refractivity contribution < 1.29 is 8.83 Å². The van der Waals surface area contributed by atoms with Gasteiger partial charge in [0.15, 0.2) is 0 Å². The highest BCUT2D eigenvalue weighted by molar-refractivity contribution is 6.18. The monoisotopic (exact) mass is 804 g/mol. The number of hydrogen-bond donors (Lipinski definition) is 0. The molecule has 0 aliphatic heterocycles. The number of benzene rings is 9. The summed E-state index contributed by atoms with van der Waals surface area (Å²) in [4.78, 5) is 4.76. The van der Waals surface area contributed by atoms with E-state index in [1.165, 1.54) is 33.6 Å². The molecule has 0 amide bonds. The molecule has 2 aromatic heterocycles. The third-order valence-corrected chi connectivity index (χ3v) is 12.6. The van der Waals surface area contributed by atoms with Crippen LogP contribution in [0.5, 0.6) is 0 Å². The summed E-state index contributed by atoms with van der Waals surface area (Å²) in [6.07, 6.45) is 0. The minimum absolute atomic E-state index is 0.373. The summed E-state index contributed by atoms with van der Waals surface area (Å²) >= 11 is 0. The Morgan fingerprint density at radius 2 is 0.694 bits per heavy atom. The highest BCUT2D eigenvalue weighted by atomic mass is 16.3. The minimum Gasteiger partial charge on any atom is -0.456 e. The van der Waals surface area contributed by atoms with E-state index in [0.717, 1.165) is 88.2 Å². The second-order valence-electron chi connectivity index (χ2n) is 17.6. The SMILES string of the molecule is Cc1ccc(N(c2ccc3cc4c(cc3c2)oc2cc3c(cc24)oc2cc4cc(N(c5ccc(C)cc5)c5ccccc5C(C)C)ccc4cc23)c2ccccc2C(C)C)cc1. The Hall–Kier alpha value is -7.30. The van der Waals surface area contributed by atoms with Crippen LogP contribution >= 0.6 is 0 Å². The van der Waals surface area contributed by atoms with Crippen LogP contribution in [0.3, 0.4) is 0 Å². The Bertz CT molecular complexity index is 3260. The van der Waals surface area contributed by atoms with Crippen LogP contribution in [-0.4, -0.2) is 0 Å².